The summed E-state index contributed by atoms with van der Waals surface area (Å²) in [4.78, 5) is 24.7. The zero-order valence-electron chi connectivity index (χ0n) is 9.38. The Hall–Kier alpha value is -1.10. The summed E-state index contributed by atoms with van der Waals surface area (Å²) in [5.74, 6) is -0.886. The third kappa shape index (κ3) is 3.51. The van der Waals surface area contributed by atoms with E-state index in [0.29, 0.717) is 13.1 Å². The minimum Gasteiger partial charge on any atom is -0.345 e. The van der Waals surface area contributed by atoms with Gasteiger partial charge in [0.15, 0.2) is 0 Å². The lowest BCUT2D eigenvalue weighted by molar-refractivity contribution is -0.146. The summed E-state index contributed by atoms with van der Waals surface area (Å²) in [7, 11) is 0. The Bertz CT molecular complexity index is 237. The fourth-order valence-corrected chi connectivity index (χ4v) is 1.40. The van der Waals surface area contributed by atoms with E-state index in [1.54, 1.807) is 4.90 Å². The van der Waals surface area contributed by atoms with Crippen molar-refractivity contribution in [3.05, 3.63) is 0 Å². The number of nitrogens with zero attached hydrogens (tertiary/aromatic N) is 1. The van der Waals surface area contributed by atoms with Gasteiger partial charge in [-0.2, -0.15) is 0 Å². The number of carbonyl (C=O) groups is 2. The normalized spacial score (nSPS) is 18.4. The third-order valence-electron chi connectivity index (χ3n) is 2.59. The van der Waals surface area contributed by atoms with Crippen LogP contribution in [0.3, 0.4) is 0 Å². The highest BCUT2D eigenvalue weighted by Gasteiger charge is 2.23. The summed E-state index contributed by atoms with van der Waals surface area (Å²) in [6, 6.07) is 0.0596. The quantitative estimate of drug-likeness (QED) is 0.598. The van der Waals surface area contributed by atoms with E-state index >= 15 is 0 Å². The van der Waals surface area contributed by atoms with Crippen LogP contribution in [0.2, 0.25) is 0 Å². The van der Waals surface area contributed by atoms with Gasteiger partial charge in [0.25, 0.3) is 0 Å². The molecule has 5 heteroatoms. The number of hydrogen-bond acceptors (Lipinski definition) is 3. The predicted octanol–water partition coefficient (Wildman–Crippen LogP) is -0.667. The molecule has 1 aliphatic heterocycles. The molecule has 0 aromatic rings. The van der Waals surface area contributed by atoms with Gasteiger partial charge in [-0.05, 0) is 13.3 Å². The van der Waals surface area contributed by atoms with Crippen LogP contribution in [-0.4, -0.2) is 48.9 Å². The predicted molar refractivity (Wildman–Crippen MR) is 57.3 cm³/mol. The van der Waals surface area contributed by atoms with E-state index in [0.717, 1.165) is 19.5 Å². The zero-order valence-corrected chi connectivity index (χ0v) is 9.38. The summed E-state index contributed by atoms with van der Waals surface area (Å²) in [5.41, 5.74) is 0. The van der Waals surface area contributed by atoms with E-state index in [1.165, 1.54) is 0 Å². The first-order chi connectivity index (χ1) is 7.15. The summed E-state index contributed by atoms with van der Waals surface area (Å²) < 4.78 is 0. The molecule has 2 amide bonds. The summed E-state index contributed by atoms with van der Waals surface area (Å²) >= 11 is 0. The van der Waals surface area contributed by atoms with Crippen LogP contribution in [0.1, 0.15) is 20.3 Å². The van der Waals surface area contributed by atoms with Gasteiger partial charge in [0, 0.05) is 32.2 Å². The van der Waals surface area contributed by atoms with Crippen molar-refractivity contribution in [3.63, 3.8) is 0 Å². The average Bonchev–Trinajstić information content (AvgIpc) is 2.29. The Kier molecular flexibility index (Phi) is 4.55. The Morgan fingerprint density at radius 1 is 1.40 bits per heavy atom. The molecule has 1 saturated heterocycles. The molecule has 0 saturated carbocycles. The molecule has 0 bridgehead atoms. The number of nitrogens with one attached hydrogen (secondary N) is 2. The van der Waals surface area contributed by atoms with E-state index in [4.69, 9.17) is 0 Å². The number of amides is 2. The molecule has 1 aliphatic rings. The standard InChI is InChI=1S/C10H19N3O2/c1-3-8(2)12-9(14)10(15)13-6-4-11-5-7-13/h8,11H,3-7H2,1-2H3,(H,12,14). The molecule has 15 heavy (non-hydrogen) atoms. The van der Waals surface area contributed by atoms with Crippen LogP contribution in [0, 0.1) is 0 Å². The molecule has 2 N–H and O–H groups in total. The number of rotatable bonds is 2. The highest BCUT2D eigenvalue weighted by Crippen LogP contribution is 1.95. The van der Waals surface area contributed by atoms with Gasteiger partial charge in [-0.1, -0.05) is 6.92 Å². The van der Waals surface area contributed by atoms with Crippen LogP contribution in [-0.2, 0) is 9.59 Å². The largest absolute Gasteiger partial charge is 0.345 e. The lowest BCUT2D eigenvalue weighted by Gasteiger charge is -2.27. The highest BCUT2D eigenvalue weighted by atomic mass is 16.2. The van der Waals surface area contributed by atoms with E-state index in [1.807, 2.05) is 13.8 Å². The molecule has 0 aromatic carbocycles. The Balaban J connectivity index is 2.41. The van der Waals surface area contributed by atoms with Crippen molar-refractivity contribution in [1.29, 1.82) is 0 Å². The fraction of sp³-hybridized carbons (Fsp3) is 0.800. The monoisotopic (exact) mass is 213 g/mol. The van der Waals surface area contributed by atoms with E-state index in [2.05, 4.69) is 10.6 Å². The molecule has 1 rings (SSSR count). The molecule has 0 aromatic heterocycles. The van der Waals surface area contributed by atoms with Crippen LogP contribution < -0.4 is 10.6 Å². The van der Waals surface area contributed by atoms with Crippen LogP contribution in [0.15, 0.2) is 0 Å². The maximum atomic E-state index is 11.6. The first-order valence-corrected chi connectivity index (χ1v) is 5.45. The van der Waals surface area contributed by atoms with Gasteiger partial charge in [0.1, 0.15) is 0 Å². The van der Waals surface area contributed by atoms with Crippen molar-refractivity contribution in [1.82, 2.24) is 15.5 Å². The van der Waals surface area contributed by atoms with E-state index < -0.39 is 11.8 Å². The summed E-state index contributed by atoms with van der Waals surface area (Å²) in [6.45, 7) is 6.63. The van der Waals surface area contributed by atoms with E-state index in [9.17, 15) is 9.59 Å². The number of hydrogen-bond donors (Lipinski definition) is 2. The molecule has 1 fully saturated rings. The molecule has 5 nitrogen and oxygen atoms in total. The molecule has 0 spiro atoms. The van der Waals surface area contributed by atoms with E-state index in [-0.39, 0.29) is 6.04 Å². The van der Waals surface area contributed by atoms with Crippen LogP contribution in [0.25, 0.3) is 0 Å². The summed E-state index contributed by atoms with van der Waals surface area (Å²) in [6.07, 6.45) is 0.834. The first kappa shape index (κ1) is 12.0. The van der Waals surface area contributed by atoms with Crippen molar-refractivity contribution >= 4 is 11.8 Å². The topological polar surface area (TPSA) is 61.4 Å². The fourth-order valence-electron chi connectivity index (χ4n) is 1.40. The second-order valence-corrected chi connectivity index (χ2v) is 3.82. The van der Waals surface area contributed by atoms with Crippen molar-refractivity contribution in [3.8, 4) is 0 Å². The molecule has 0 aliphatic carbocycles. The van der Waals surface area contributed by atoms with Gasteiger partial charge >= 0.3 is 11.8 Å². The van der Waals surface area contributed by atoms with Gasteiger partial charge in [0.05, 0.1) is 0 Å². The van der Waals surface area contributed by atoms with Crippen LogP contribution >= 0.6 is 0 Å². The van der Waals surface area contributed by atoms with Crippen LogP contribution in [0.5, 0.6) is 0 Å². The molecular formula is C10H19N3O2. The Morgan fingerprint density at radius 2 is 2.00 bits per heavy atom. The number of piperazine rings is 1. The first-order valence-electron chi connectivity index (χ1n) is 5.45. The minimum absolute atomic E-state index is 0.0596. The zero-order chi connectivity index (χ0) is 11.3. The summed E-state index contributed by atoms with van der Waals surface area (Å²) in [5, 5.41) is 5.81. The Labute approximate surface area is 90.2 Å². The average molecular weight is 213 g/mol. The van der Waals surface area contributed by atoms with Gasteiger partial charge in [-0.3, -0.25) is 9.59 Å². The van der Waals surface area contributed by atoms with Gasteiger partial charge < -0.3 is 15.5 Å². The van der Waals surface area contributed by atoms with Gasteiger partial charge in [-0.15, -0.1) is 0 Å². The SMILES string of the molecule is CCC(C)NC(=O)C(=O)N1CCNCC1. The maximum Gasteiger partial charge on any atom is 0.311 e. The maximum absolute atomic E-state index is 11.6. The number of carbonyl (C=O) groups excluding carboxylic acids is 2. The minimum atomic E-state index is -0.480. The van der Waals surface area contributed by atoms with Crippen molar-refractivity contribution in [2.45, 2.75) is 26.3 Å². The third-order valence-corrected chi connectivity index (χ3v) is 2.59. The highest BCUT2D eigenvalue weighted by molar-refractivity contribution is 6.35. The molecule has 0 radical (unpaired) electrons. The molecule has 86 valence electrons. The van der Waals surface area contributed by atoms with Crippen molar-refractivity contribution in [2.24, 2.45) is 0 Å². The molecule has 1 heterocycles. The second-order valence-electron chi connectivity index (χ2n) is 3.82. The van der Waals surface area contributed by atoms with Gasteiger partial charge in [-0.25, -0.2) is 0 Å². The smallest absolute Gasteiger partial charge is 0.311 e. The Morgan fingerprint density at radius 3 is 2.53 bits per heavy atom. The lowest BCUT2D eigenvalue weighted by Crippen LogP contribution is -2.52. The molecule has 1 atom stereocenters. The van der Waals surface area contributed by atoms with Crippen LogP contribution in [0.4, 0.5) is 0 Å². The second kappa shape index (κ2) is 5.70. The lowest BCUT2D eigenvalue weighted by atomic mass is 10.2. The van der Waals surface area contributed by atoms with Gasteiger partial charge in [0.2, 0.25) is 0 Å². The van der Waals surface area contributed by atoms with Crippen molar-refractivity contribution < 1.29 is 9.59 Å². The van der Waals surface area contributed by atoms with Crippen molar-refractivity contribution in [2.75, 3.05) is 26.2 Å². The molecule has 1 unspecified atom stereocenters. The molecular weight excluding hydrogens is 194 g/mol.